The number of halogens is 3. The van der Waals surface area contributed by atoms with Crippen LogP contribution in [0.5, 0.6) is 0 Å². The highest BCUT2D eigenvalue weighted by atomic mass is 79.9. The minimum absolute atomic E-state index is 0.128. The molecule has 0 heterocycles. The first kappa shape index (κ1) is 14.9. The lowest BCUT2D eigenvalue weighted by Gasteiger charge is -2.17. The van der Waals surface area contributed by atoms with E-state index in [1.54, 1.807) is 12.1 Å². The molecular weight excluding hydrogens is 326 g/mol. The third-order valence-electron chi connectivity index (χ3n) is 3.16. The lowest BCUT2D eigenvalue weighted by atomic mass is 9.98. The maximum Gasteiger partial charge on any atom is 0.145 e. The summed E-state index contributed by atoms with van der Waals surface area (Å²) in [7, 11) is 3.84. The van der Waals surface area contributed by atoms with Crippen LogP contribution >= 0.6 is 15.9 Å². The minimum Gasteiger partial charge on any atom is -0.378 e. The van der Waals surface area contributed by atoms with E-state index < -0.39 is 17.7 Å². The van der Waals surface area contributed by atoms with E-state index in [-0.39, 0.29) is 10.0 Å². The Labute approximate surface area is 125 Å². The monoisotopic (exact) mass is 340 g/mol. The zero-order valence-corrected chi connectivity index (χ0v) is 12.8. The molecule has 0 aromatic heterocycles. The van der Waals surface area contributed by atoms with Crippen molar-refractivity contribution in [3.05, 3.63) is 63.6 Å². The second-order valence-corrected chi connectivity index (χ2v) is 5.57. The fraction of sp³-hybridized carbons (Fsp3) is 0.200. The molecular formula is C15H15BrF2N2. The zero-order valence-electron chi connectivity index (χ0n) is 11.2. The lowest BCUT2D eigenvalue weighted by Crippen LogP contribution is -2.16. The number of nitrogens with two attached hydrogens (primary N) is 1. The van der Waals surface area contributed by atoms with Crippen molar-refractivity contribution in [3.63, 3.8) is 0 Å². The van der Waals surface area contributed by atoms with E-state index in [4.69, 9.17) is 5.73 Å². The number of hydrogen-bond acceptors (Lipinski definition) is 2. The molecule has 2 N–H and O–H groups in total. The third-order valence-corrected chi connectivity index (χ3v) is 3.77. The summed E-state index contributed by atoms with van der Waals surface area (Å²) in [6.45, 7) is 0. The van der Waals surface area contributed by atoms with E-state index in [1.807, 2.05) is 31.1 Å². The maximum absolute atomic E-state index is 14.0. The standard InChI is InChI=1S/C15H15BrF2N2/c1-20(2)10-5-3-9(4-6-10)15(19)13-12(17)8-7-11(16)14(13)18/h3-8,15H,19H2,1-2H3. The first-order valence-electron chi connectivity index (χ1n) is 6.08. The Balaban J connectivity index is 2.41. The molecule has 20 heavy (non-hydrogen) atoms. The number of rotatable bonds is 3. The molecule has 0 fully saturated rings. The van der Waals surface area contributed by atoms with E-state index in [2.05, 4.69) is 15.9 Å². The topological polar surface area (TPSA) is 29.3 Å². The van der Waals surface area contributed by atoms with Crippen molar-refractivity contribution in [1.82, 2.24) is 0 Å². The second-order valence-electron chi connectivity index (χ2n) is 4.72. The molecule has 1 unspecified atom stereocenters. The summed E-state index contributed by atoms with van der Waals surface area (Å²) in [5, 5.41) is 0. The summed E-state index contributed by atoms with van der Waals surface area (Å²) in [4.78, 5) is 1.94. The summed E-state index contributed by atoms with van der Waals surface area (Å²) in [6, 6.07) is 8.97. The van der Waals surface area contributed by atoms with Gasteiger partial charge in [-0.25, -0.2) is 8.78 Å². The van der Waals surface area contributed by atoms with Crippen LogP contribution in [0.3, 0.4) is 0 Å². The molecule has 106 valence electrons. The molecule has 0 aliphatic carbocycles. The number of anilines is 1. The summed E-state index contributed by atoms with van der Waals surface area (Å²) < 4.78 is 28.1. The van der Waals surface area contributed by atoms with Crippen LogP contribution in [-0.2, 0) is 0 Å². The fourth-order valence-corrected chi connectivity index (χ4v) is 2.32. The van der Waals surface area contributed by atoms with E-state index in [0.717, 1.165) is 5.69 Å². The predicted octanol–water partition coefficient (Wildman–Crippen LogP) is 3.84. The van der Waals surface area contributed by atoms with Gasteiger partial charge < -0.3 is 10.6 Å². The van der Waals surface area contributed by atoms with Crippen molar-refractivity contribution in [2.24, 2.45) is 5.73 Å². The normalized spacial score (nSPS) is 12.3. The Morgan fingerprint density at radius 1 is 1.05 bits per heavy atom. The molecule has 0 aliphatic heterocycles. The molecule has 2 aromatic rings. The molecule has 0 bridgehead atoms. The van der Waals surface area contributed by atoms with Crippen LogP contribution in [0.4, 0.5) is 14.5 Å². The highest BCUT2D eigenvalue weighted by molar-refractivity contribution is 9.10. The Morgan fingerprint density at radius 2 is 1.65 bits per heavy atom. The molecule has 0 saturated heterocycles. The fourth-order valence-electron chi connectivity index (χ4n) is 1.97. The van der Waals surface area contributed by atoms with Gasteiger partial charge in [-0.05, 0) is 45.8 Å². The summed E-state index contributed by atoms with van der Waals surface area (Å²) in [6.07, 6.45) is 0. The Kier molecular flexibility index (Phi) is 4.40. The zero-order chi connectivity index (χ0) is 14.9. The van der Waals surface area contributed by atoms with Crippen molar-refractivity contribution in [2.75, 3.05) is 19.0 Å². The predicted molar refractivity (Wildman–Crippen MR) is 80.9 cm³/mol. The minimum atomic E-state index is -0.844. The third kappa shape index (κ3) is 2.83. The highest BCUT2D eigenvalue weighted by Gasteiger charge is 2.20. The first-order valence-corrected chi connectivity index (χ1v) is 6.87. The Bertz CT molecular complexity index is 612. The van der Waals surface area contributed by atoms with Crippen molar-refractivity contribution in [3.8, 4) is 0 Å². The van der Waals surface area contributed by atoms with Gasteiger partial charge in [0.1, 0.15) is 11.6 Å². The average molecular weight is 341 g/mol. The molecule has 2 aromatic carbocycles. The molecule has 2 nitrogen and oxygen atoms in total. The largest absolute Gasteiger partial charge is 0.378 e. The van der Waals surface area contributed by atoms with E-state index in [1.165, 1.54) is 12.1 Å². The van der Waals surface area contributed by atoms with Crippen LogP contribution in [-0.4, -0.2) is 14.1 Å². The van der Waals surface area contributed by atoms with Gasteiger partial charge in [0.2, 0.25) is 0 Å². The Hall–Kier alpha value is -1.46. The van der Waals surface area contributed by atoms with Gasteiger partial charge in [0.15, 0.2) is 0 Å². The van der Waals surface area contributed by atoms with E-state index in [0.29, 0.717) is 5.56 Å². The van der Waals surface area contributed by atoms with Gasteiger partial charge in [0.05, 0.1) is 10.5 Å². The van der Waals surface area contributed by atoms with E-state index in [9.17, 15) is 8.78 Å². The molecule has 0 spiro atoms. The highest BCUT2D eigenvalue weighted by Crippen LogP contribution is 2.29. The quantitative estimate of drug-likeness (QED) is 0.860. The van der Waals surface area contributed by atoms with Crippen molar-refractivity contribution >= 4 is 21.6 Å². The van der Waals surface area contributed by atoms with Crippen LogP contribution < -0.4 is 10.6 Å². The number of benzene rings is 2. The molecule has 0 amide bonds. The van der Waals surface area contributed by atoms with Crippen LogP contribution in [0.2, 0.25) is 0 Å². The van der Waals surface area contributed by atoms with Crippen LogP contribution in [0, 0.1) is 11.6 Å². The van der Waals surface area contributed by atoms with Crippen LogP contribution in [0.25, 0.3) is 0 Å². The molecule has 1 atom stereocenters. The van der Waals surface area contributed by atoms with Gasteiger partial charge in [0.25, 0.3) is 0 Å². The summed E-state index contributed by atoms with van der Waals surface area (Å²) >= 11 is 3.05. The number of nitrogens with zero attached hydrogens (tertiary/aromatic N) is 1. The van der Waals surface area contributed by atoms with Gasteiger partial charge >= 0.3 is 0 Å². The van der Waals surface area contributed by atoms with Crippen molar-refractivity contribution < 1.29 is 8.78 Å². The van der Waals surface area contributed by atoms with Gasteiger partial charge in [-0.2, -0.15) is 0 Å². The maximum atomic E-state index is 14.0. The first-order chi connectivity index (χ1) is 9.41. The molecule has 0 aliphatic rings. The van der Waals surface area contributed by atoms with Gasteiger partial charge in [-0.15, -0.1) is 0 Å². The van der Waals surface area contributed by atoms with Crippen molar-refractivity contribution in [2.45, 2.75) is 6.04 Å². The molecule has 0 saturated carbocycles. The van der Waals surface area contributed by atoms with Crippen molar-refractivity contribution in [1.29, 1.82) is 0 Å². The van der Waals surface area contributed by atoms with Gasteiger partial charge in [-0.1, -0.05) is 12.1 Å². The SMILES string of the molecule is CN(C)c1ccc(C(N)c2c(F)ccc(Br)c2F)cc1. The summed E-state index contributed by atoms with van der Waals surface area (Å²) in [5.41, 5.74) is 7.53. The second kappa shape index (κ2) is 5.89. The Morgan fingerprint density at radius 3 is 2.20 bits per heavy atom. The van der Waals surface area contributed by atoms with Gasteiger partial charge in [0, 0.05) is 25.3 Å². The van der Waals surface area contributed by atoms with Crippen LogP contribution in [0.1, 0.15) is 17.2 Å². The summed E-state index contributed by atoms with van der Waals surface area (Å²) in [5.74, 6) is -1.30. The van der Waals surface area contributed by atoms with Crippen LogP contribution in [0.15, 0.2) is 40.9 Å². The lowest BCUT2D eigenvalue weighted by molar-refractivity contribution is 0.539. The van der Waals surface area contributed by atoms with E-state index >= 15 is 0 Å². The van der Waals surface area contributed by atoms with Gasteiger partial charge in [-0.3, -0.25) is 0 Å². The molecule has 0 radical (unpaired) electrons. The molecule has 5 heteroatoms. The smallest absolute Gasteiger partial charge is 0.145 e. The number of hydrogen-bond donors (Lipinski definition) is 1. The average Bonchev–Trinajstić information content (AvgIpc) is 2.43. The molecule has 2 rings (SSSR count).